The predicted octanol–water partition coefficient (Wildman–Crippen LogP) is 1.38. The average Bonchev–Trinajstić information content (AvgIpc) is 2.26. The van der Waals surface area contributed by atoms with Gasteiger partial charge in [-0.2, -0.15) is 5.26 Å². The fourth-order valence-electron chi connectivity index (χ4n) is 1.47. The molecule has 15 heavy (non-hydrogen) atoms. The summed E-state index contributed by atoms with van der Waals surface area (Å²) >= 11 is 0. The lowest BCUT2D eigenvalue weighted by molar-refractivity contribution is 0.983. The lowest BCUT2D eigenvalue weighted by Gasteiger charge is -2.00. The van der Waals surface area contributed by atoms with Crippen molar-refractivity contribution in [3.63, 3.8) is 0 Å². The SMILES string of the molecule is N#CCCc1cc2cnccc2[nH]c1=O. The molecule has 0 saturated heterocycles. The molecular weight excluding hydrogens is 190 g/mol. The number of aryl methyl sites for hydroxylation is 1. The molecule has 0 fully saturated rings. The Morgan fingerprint density at radius 3 is 3.20 bits per heavy atom. The molecule has 0 radical (unpaired) electrons. The maximum atomic E-state index is 11.6. The number of hydrogen-bond acceptors (Lipinski definition) is 3. The fourth-order valence-corrected chi connectivity index (χ4v) is 1.47. The van der Waals surface area contributed by atoms with Crippen molar-refractivity contribution in [2.75, 3.05) is 0 Å². The van der Waals surface area contributed by atoms with Crippen LogP contribution in [0.25, 0.3) is 10.9 Å². The number of nitrogens with one attached hydrogen (secondary N) is 1. The molecule has 2 aromatic heterocycles. The zero-order valence-electron chi connectivity index (χ0n) is 8.03. The van der Waals surface area contributed by atoms with E-state index >= 15 is 0 Å². The van der Waals surface area contributed by atoms with Gasteiger partial charge < -0.3 is 4.98 Å². The van der Waals surface area contributed by atoms with E-state index in [9.17, 15) is 4.79 Å². The van der Waals surface area contributed by atoms with E-state index in [4.69, 9.17) is 5.26 Å². The van der Waals surface area contributed by atoms with Crippen LogP contribution >= 0.6 is 0 Å². The number of hydrogen-bond donors (Lipinski definition) is 1. The van der Waals surface area contributed by atoms with Crippen LogP contribution in [0, 0.1) is 11.3 Å². The normalized spacial score (nSPS) is 10.1. The van der Waals surface area contributed by atoms with Crippen LogP contribution in [0.15, 0.2) is 29.3 Å². The third-order valence-electron chi connectivity index (χ3n) is 2.23. The summed E-state index contributed by atoms with van der Waals surface area (Å²) in [6.07, 6.45) is 4.17. The van der Waals surface area contributed by atoms with Gasteiger partial charge in [0.05, 0.1) is 11.6 Å². The summed E-state index contributed by atoms with van der Waals surface area (Å²) in [6, 6.07) is 5.57. The van der Waals surface area contributed by atoms with Gasteiger partial charge >= 0.3 is 0 Å². The molecule has 2 rings (SSSR count). The zero-order chi connectivity index (χ0) is 10.7. The van der Waals surface area contributed by atoms with E-state index in [2.05, 4.69) is 9.97 Å². The van der Waals surface area contributed by atoms with Gasteiger partial charge in [0.25, 0.3) is 5.56 Å². The Labute approximate surface area is 86.2 Å². The maximum absolute atomic E-state index is 11.6. The van der Waals surface area contributed by atoms with Crippen molar-refractivity contribution < 1.29 is 0 Å². The van der Waals surface area contributed by atoms with E-state index in [-0.39, 0.29) is 5.56 Å². The van der Waals surface area contributed by atoms with Gasteiger partial charge in [-0.25, -0.2) is 0 Å². The minimum absolute atomic E-state index is 0.121. The lowest BCUT2D eigenvalue weighted by atomic mass is 10.1. The maximum Gasteiger partial charge on any atom is 0.251 e. The number of fused-ring (bicyclic) bond motifs is 1. The van der Waals surface area contributed by atoms with Crippen molar-refractivity contribution in [1.82, 2.24) is 9.97 Å². The fraction of sp³-hybridized carbons (Fsp3) is 0.182. The Bertz CT molecular complexity index is 580. The summed E-state index contributed by atoms with van der Waals surface area (Å²) in [6.45, 7) is 0. The molecule has 74 valence electrons. The second-order valence-electron chi connectivity index (χ2n) is 3.24. The molecule has 0 spiro atoms. The minimum Gasteiger partial charge on any atom is -0.322 e. The van der Waals surface area contributed by atoms with Crippen LogP contribution in [0.3, 0.4) is 0 Å². The van der Waals surface area contributed by atoms with Crippen LogP contribution in [0.5, 0.6) is 0 Å². The molecule has 0 amide bonds. The molecule has 1 N–H and O–H groups in total. The average molecular weight is 199 g/mol. The minimum atomic E-state index is -0.121. The van der Waals surface area contributed by atoms with Crippen molar-refractivity contribution in [3.8, 4) is 6.07 Å². The van der Waals surface area contributed by atoms with Gasteiger partial charge in [-0.15, -0.1) is 0 Å². The van der Waals surface area contributed by atoms with Crippen molar-refractivity contribution in [3.05, 3.63) is 40.4 Å². The lowest BCUT2D eigenvalue weighted by Crippen LogP contribution is -2.12. The molecule has 4 heteroatoms. The smallest absolute Gasteiger partial charge is 0.251 e. The Balaban J connectivity index is 2.53. The summed E-state index contributed by atoms with van der Waals surface area (Å²) in [4.78, 5) is 18.3. The van der Waals surface area contributed by atoms with Crippen molar-refractivity contribution in [2.45, 2.75) is 12.8 Å². The monoisotopic (exact) mass is 199 g/mol. The number of pyridine rings is 2. The number of aromatic amines is 1. The highest BCUT2D eigenvalue weighted by Gasteiger charge is 2.01. The van der Waals surface area contributed by atoms with Crippen LogP contribution in [0.1, 0.15) is 12.0 Å². The highest BCUT2D eigenvalue weighted by Crippen LogP contribution is 2.09. The van der Waals surface area contributed by atoms with E-state index in [1.165, 1.54) is 0 Å². The Morgan fingerprint density at radius 1 is 1.53 bits per heavy atom. The topological polar surface area (TPSA) is 69.5 Å². The molecule has 0 aliphatic carbocycles. The molecule has 2 heterocycles. The molecule has 0 aliphatic rings. The molecule has 2 aromatic rings. The number of nitriles is 1. The van der Waals surface area contributed by atoms with Crippen LogP contribution in [0.2, 0.25) is 0 Å². The van der Waals surface area contributed by atoms with Gasteiger partial charge in [0, 0.05) is 29.8 Å². The first kappa shape index (κ1) is 9.41. The Hall–Kier alpha value is -2.15. The van der Waals surface area contributed by atoms with Crippen molar-refractivity contribution >= 4 is 10.9 Å². The van der Waals surface area contributed by atoms with Crippen molar-refractivity contribution in [2.24, 2.45) is 0 Å². The number of rotatable bonds is 2. The first-order valence-electron chi connectivity index (χ1n) is 4.64. The first-order chi connectivity index (χ1) is 7.31. The predicted molar refractivity (Wildman–Crippen MR) is 56.3 cm³/mol. The molecule has 0 aromatic carbocycles. The third kappa shape index (κ3) is 1.86. The summed E-state index contributed by atoms with van der Waals surface area (Å²) in [5, 5.41) is 9.35. The van der Waals surface area contributed by atoms with Gasteiger partial charge in [-0.1, -0.05) is 0 Å². The second kappa shape index (κ2) is 3.93. The summed E-state index contributed by atoms with van der Waals surface area (Å²) < 4.78 is 0. The molecule has 0 atom stereocenters. The van der Waals surface area contributed by atoms with Crippen LogP contribution in [-0.2, 0) is 6.42 Å². The summed E-state index contributed by atoms with van der Waals surface area (Å²) in [5.74, 6) is 0. The Kier molecular flexibility index (Phi) is 2.46. The van der Waals surface area contributed by atoms with Gasteiger partial charge in [-0.3, -0.25) is 9.78 Å². The van der Waals surface area contributed by atoms with Gasteiger partial charge in [-0.05, 0) is 18.6 Å². The van der Waals surface area contributed by atoms with Crippen LogP contribution in [-0.4, -0.2) is 9.97 Å². The highest BCUT2D eigenvalue weighted by atomic mass is 16.1. The molecule has 4 nitrogen and oxygen atoms in total. The molecule has 0 bridgehead atoms. The number of aromatic nitrogens is 2. The van der Waals surface area contributed by atoms with Gasteiger partial charge in [0.1, 0.15) is 0 Å². The van der Waals surface area contributed by atoms with E-state index < -0.39 is 0 Å². The summed E-state index contributed by atoms with van der Waals surface area (Å²) in [7, 11) is 0. The van der Waals surface area contributed by atoms with Crippen molar-refractivity contribution in [1.29, 1.82) is 5.26 Å². The molecule has 0 unspecified atom stereocenters. The highest BCUT2D eigenvalue weighted by molar-refractivity contribution is 5.77. The molecule has 0 aliphatic heterocycles. The third-order valence-corrected chi connectivity index (χ3v) is 2.23. The second-order valence-corrected chi connectivity index (χ2v) is 3.24. The van der Waals surface area contributed by atoms with Crippen LogP contribution in [0.4, 0.5) is 0 Å². The van der Waals surface area contributed by atoms with Gasteiger partial charge in [0.2, 0.25) is 0 Å². The van der Waals surface area contributed by atoms with E-state index in [1.807, 2.05) is 6.07 Å². The van der Waals surface area contributed by atoms with E-state index in [1.54, 1.807) is 24.5 Å². The Morgan fingerprint density at radius 2 is 2.40 bits per heavy atom. The number of H-pyrrole nitrogens is 1. The zero-order valence-corrected chi connectivity index (χ0v) is 8.03. The van der Waals surface area contributed by atoms with Crippen LogP contribution < -0.4 is 5.56 Å². The quantitative estimate of drug-likeness (QED) is 0.794. The van der Waals surface area contributed by atoms with E-state index in [0.29, 0.717) is 18.4 Å². The number of nitrogens with zero attached hydrogens (tertiary/aromatic N) is 2. The summed E-state index contributed by atoms with van der Waals surface area (Å²) in [5.41, 5.74) is 1.29. The largest absolute Gasteiger partial charge is 0.322 e. The molecular formula is C11H9N3O. The molecule has 0 saturated carbocycles. The standard InChI is InChI=1S/C11H9N3O/c12-4-1-2-8-6-9-7-13-5-3-10(9)14-11(8)15/h3,5-7H,1-2H2,(H,14,15). The first-order valence-corrected chi connectivity index (χ1v) is 4.64. The van der Waals surface area contributed by atoms with E-state index in [0.717, 1.165) is 10.9 Å². The van der Waals surface area contributed by atoms with Gasteiger partial charge in [0.15, 0.2) is 0 Å².